The van der Waals surface area contributed by atoms with Gasteiger partial charge in [0.2, 0.25) is 0 Å². The van der Waals surface area contributed by atoms with Gasteiger partial charge in [0.25, 0.3) is 5.91 Å². The summed E-state index contributed by atoms with van der Waals surface area (Å²) in [6.07, 6.45) is 6.20. The van der Waals surface area contributed by atoms with E-state index in [1.54, 1.807) is 12.3 Å². The number of carbonyl (C=O) groups is 1. The highest BCUT2D eigenvalue weighted by atomic mass is 16.5. The van der Waals surface area contributed by atoms with E-state index < -0.39 is 0 Å². The third-order valence-corrected chi connectivity index (χ3v) is 5.27. The molecule has 27 heavy (non-hydrogen) atoms. The Labute approximate surface area is 160 Å². The van der Waals surface area contributed by atoms with Gasteiger partial charge in [0.05, 0.1) is 6.61 Å². The quantitative estimate of drug-likeness (QED) is 0.850. The molecule has 2 fully saturated rings. The highest BCUT2D eigenvalue weighted by Gasteiger charge is 2.25. The summed E-state index contributed by atoms with van der Waals surface area (Å²) in [5.74, 6) is 2.29. The van der Waals surface area contributed by atoms with Crippen molar-refractivity contribution in [2.45, 2.75) is 38.6 Å². The summed E-state index contributed by atoms with van der Waals surface area (Å²) in [6, 6.07) is 12.3. The lowest BCUT2D eigenvalue weighted by Gasteiger charge is -2.33. The molecule has 2 aliphatic rings. The number of piperidine rings is 1. The number of anilines is 1. The van der Waals surface area contributed by atoms with Gasteiger partial charge in [-0.25, -0.2) is 4.98 Å². The van der Waals surface area contributed by atoms with Crippen LogP contribution >= 0.6 is 0 Å². The molecule has 0 spiro atoms. The van der Waals surface area contributed by atoms with E-state index in [-0.39, 0.29) is 5.91 Å². The fourth-order valence-corrected chi connectivity index (χ4v) is 3.49. The first-order chi connectivity index (χ1) is 13.2. The van der Waals surface area contributed by atoms with E-state index in [0.29, 0.717) is 24.1 Å². The molecule has 0 radical (unpaired) electrons. The highest BCUT2D eigenvalue weighted by Crippen LogP contribution is 2.24. The predicted octanol–water partition coefficient (Wildman–Crippen LogP) is 3.58. The molecule has 5 heteroatoms. The topological polar surface area (TPSA) is 54.5 Å². The van der Waals surface area contributed by atoms with Crippen LogP contribution in [-0.4, -0.2) is 36.6 Å². The van der Waals surface area contributed by atoms with Gasteiger partial charge in [0.15, 0.2) is 0 Å². The van der Waals surface area contributed by atoms with Gasteiger partial charge in [-0.3, -0.25) is 4.79 Å². The molecule has 1 aliphatic heterocycles. The van der Waals surface area contributed by atoms with Crippen LogP contribution in [0.3, 0.4) is 0 Å². The van der Waals surface area contributed by atoms with Crippen molar-refractivity contribution in [3.63, 3.8) is 0 Å². The zero-order valence-corrected chi connectivity index (χ0v) is 15.9. The number of benzene rings is 1. The van der Waals surface area contributed by atoms with E-state index in [9.17, 15) is 4.79 Å². The first-order valence-corrected chi connectivity index (χ1v) is 9.89. The zero-order valence-electron chi connectivity index (χ0n) is 15.9. The second kappa shape index (κ2) is 7.99. The molecule has 1 atom stereocenters. The van der Waals surface area contributed by atoms with Gasteiger partial charge in [-0.15, -0.1) is 0 Å². The zero-order chi connectivity index (χ0) is 18.6. The molecule has 1 saturated carbocycles. The van der Waals surface area contributed by atoms with Crippen LogP contribution in [0.15, 0.2) is 42.6 Å². The average Bonchev–Trinajstić information content (AvgIpc) is 3.52. The summed E-state index contributed by atoms with van der Waals surface area (Å²) in [4.78, 5) is 19.1. The molecule has 142 valence electrons. The van der Waals surface area contributed by atoms with Gasteiger partial charge in [-0.05, 0) is 56.9 Å². The minimum Gasteiger partial charge on any atom is -0.493 e. The van der Waals surface area contributed by atoms with Gasteiger partial charge in [-0.1, -0.05) is 17.7 Å². The van der Waals surface area contributed by atoms with Gasteiger partial charge >= 0.3 is 0 Å². The second-order valence-electron chi connectivity index (χ2n) is 7.73. The number of ether oxygens (including phenoxy) is 1. The molecule has 1 N–H and O–H groups in total. The summed E-state index contributed by atoms with van der Waals surface area (Å²) in [7, 11) is 0. The van der Waals surface area contributed by atoms with E-state index in [4.69, 9.17) is 4.74 Å². The molecule has 1 aromatic heterocycles. The predicted molar refractivity (Wildman–Crippen MR) is 106 cm³/mol. The number of rotatable bonds is 6. The summed E-state index contributed by atoms with van der Waals surface area (Å²) < 4.78 is 5.99. The molecule has 4 rings (SSSR count). The molecule has 2 aromatic rings. The fraction of sp³-hybridized carbons (Fsp3) is 0.455. The Kier molecular flexibility index (Phi) is 5.28. The Bertz CT molecular complexity index is 786. The molecular weight excluding hydrogens is 338 g/mol. The summed E-state index contributed by atoms with van der Waals surface area (Å²) in [5, 5.41) is 3.05. The van der Waals surface area contributed by atoms with Crippen molar-refractivity contribution >= 4 is 11.7 Å². The van der Waals surface area contributed by atoms with E-state index in [1.807, 2.05) is 18.2 Å². The second-order valence-corrected chi connectivity index (χ2v) is 7.73. The monoisotopic (exact) mass is 365 g/mol. The van der Waals surface area contributed by atoms with Crippen LogP contribution in [0.25, 0.3) is 0 Å². The fourth-order valence-electron chi connectivity index (χ4n) is 3.49. The van der Waals surface area contributed by atoms with Crippen molar-refractivity contribution < 1.29 is 9.53 Å². The normalized spacial score (nSPS) is 19.6. The molecule has 1 amide bonds. The summed E-state index contributed by atoms with van der Waals surface area (Å²) in [5.41, 5.74) is 1.94. The lowest BCUT2D eigenvalue weighted by molar-refractivity contribution is 0.0951. The number of aryl methyl sites for hydroxylation is 1. The number of pyridine rings is 1. The van der Waals surface area contributed by atoms with Crippen LogP contribution in [-0.2, 0) is 0 Å². The number of amides is 1. The largest absolute Gasteiger partial charge is 0.493 e. The van der Waals surface area contributed by atoms with Gasteiger partial charge in [0.1, 0.15) is 11.6 Å². The number of carbonyl (C=O) groups excluding carboxylic acids is 1. The minimum absolute atomic E-state index is 0.0115. The summed E-state index contributed by atoms with van der Waals surface area (Å²) >= 11 is 0. The first kappa shape index (κ1) is 17.8. The van der Waals surface area contributed by atoms with Crippen LogP contribution in [0.2, 0.25) is 0 Å². The van der Waals surface area contributed by atoms with Crippen LogP contribution in [0.5, 0.6) is 5.75 Å². The number of hydrogen-bond acceptors (Lipinski definition) is 4. The molecule has 1 aliphatic carbocycles. The number of hydrogen-bond donors (Lipinski definition) is 1. The van der Waals surface area contributed by atoms with E-state index in [2.05, 4.69) is 34.3 Å². The lowest BCUT2D eigenvalue weighted by Crippen LogP contribution is -2.38. The molecule has 5 nitrogen and oxygen atoms in total. The minimum atomic E-state index is 0.0115. The average molecular weight is 365 g/mol. The van der Waals surface area contributed by atoms with Crippen LogP contribution in [0.1, 0.15) is 41.6 Å². The maximum atomic E-state index is 12.3. The standard InChI is InChI=1S/C22H27N3O2/c1-16-4-8-20(9-5-16)27-15-17-3-2-12-25(14-17)21-13-18(10-11-23-21)22(26)24-19-6-7-19/h4-5,8-11,13,17,19H,2-3,6-7,12,14-15H2,1H3,(H,24,26)/t17-/m1/s1. The van der Waals surface area contributed by atoms with Crippen molar-refractivity contribution in [2.75, 3.05) is 24.6 Å². The molecule has 1 aromatic carbocycles. The van der Waals surface area contributed by atoms with Gasteiger partial charge in [0, 0.05) is 36.8 Å². The van der Waals surface area contributed by atoms with Crippen molar-refractivity contribution in [3.05, 3.63) is 53.7 Å². The maximum Gasteiger partial charge on any atom is 0.251 e. The van der Waals surface area contributed by atoms with E-state index in [0.717, 1.165) is 50.3 Å². The number of nitrogens with one attached hydrogen (secondary N) is 1. The molecule has 2 heterocycles. The maximum absolute atomic E-state index is 12.3. The van der Waals surface area contributed by atoms with Crippen LogP contribution < -0.4 is 15.0 Å². The Balaban J connectivity index is 1.36. The van der Waals surface area contributed by atoms with Crippen LogP contribution in [0.4, 0.5) is 5.82 Å². The first-order valence-electron chi connectivity index (χ1n) is 9.89. The number of nitrogens with zero attached hydrogens (tertiary/aromatic N) is 2. The van der Waals surface area contributed by atoms with Crippen molar-refractivity contribution in [3.8, 4) is 5.75 Å². The number of aromatic nitrogens is 1. The Morgan fingerprint density at radius 2 is 2.04 bits per heavy atom. The van der Waals surface area contributed by atoms with E-state index in [1.165, 1.54) is 5.56 Å². The van der Waals surface area contributed by atoms with E-state index >= 15 is 0 Å². The van der Waals surface area contributed by atoms with Crippen LogP contribution in [0, 0.1) is 12.8 Å². The third-order valence-electron chi connectivity index (χ3n) is 5.27. The van der Waals surface area contributed by atoms with Gasteiger partial charge < -0.3 is 15.0 Å². The van der Waals surface area contributed by atoms with Crippen molar-refractivity contribution in [1.82, 2.24) is 10.3 Å². The lowest BCUT2D eigenvalue weighted by atomic mass is 9.99. The molecule has 1 saturated heterocycles. The smallest absolute Gasteiger partial charge is 0.251 e. The Hall–Kier alpha value is -2.56. The van der Waals surface area contributed by atoms with Crippen molar-refractivity contribution in [1.29, 1.82) is 0 Å². The molecule has 0 bridgehead atoms. The Morgan fingerprint density at radius 1 is 1.22 bits per heavy atom. The third kappa shape index (κ3) is 4.79. The Morgan fingerprint density at radius 3 is 2.81 bits per heavy atom. The highest BCUT2D eigenvalue weighted by molar-refractivity contribution is 5.95. The van der Waals surface area contributed by atoms with Gasteiger partial charge in [-0.2, -0.15) is 0 Å². The molecule has 0 unspecified atom stereocenters. The SMILES string of the molecule is Cc1ccc(OC[C@@H]2CCCN(c3cc(C(=O)NC4CC4)ccn3)C2)cc1. The van der Waals surface area contributed by atoms with Crippen molar-refractivity contribution in [2.24, 2.45) is 5.92 Å². The summed E-state index contributed by atoms with van der Waals surface area (Å²) in [6.45, 7) is 4.67. The molecular formula is C22H27N3O2.